The van der Waals surface area contributed by atoms with Crippen molar-refractivity contribution in [2.24, 2.45) is 0 Å². The Balaban J connectivity index is 0. The Kier molecular flexibility index (Phi) is 10.6. The molecule has 0 aromatic rings. The van der Waals surface area contributed by atoms with Crippen molar-refractivity contribution in [3.8, 4) is 0 Å². The quantitative estimate of drug-likeness (QED) is 0.436. The van der Waals surface area contributed by atoms with E-state index in [9.17, 15) is 0 Å². The van der Waals surface area contributed by atoms with Gasteiger partial charge in [0.15, 0.2) is 0 Å². The summed E-state index contributed by atoms with van der Waals surface area (Å²) in [6.45, 7) is 8.00. The zero-order valence-corrected chi connectivity index (χ0v) is 6.83. The smallest absolute Gasteiger partial charge is 0 e. The first kappa shape index (κ1) is 11.3. The van der Waals surface area contributed by atoms with E-state index in [1.807, 2.05) is 0 Å². The largest absolute Gasteiger partial charge is 0.336 e. The average molecular weight is 155 g/mol. The van der Waals surface area contributed by atoms with Crippen molar-refractivity contribution >= 4 is 0 Å². The standard InChI is InChI=1S/C6H14N.Mn/c1-4-6-7(3)5-2;/h2,4-6H2,1,3H3;/q-1;. The molecule has 0 rings (SSSR count). The van der Waals surface area contributed by atoms with Crippen LogP contribution in [0.2, 0.25) is 0 Å². The van der Waals surface area contributed by atoms with Crippen molar-refractivity contribution in [1.82, 2.24) is 4.90 Å². The number of hydrogen-bond acceptors (Lipinski definition) is 1. The SMILES string of the molecule is [CH2-]CN(C)CCC.[Mn]. The first-order chi connectivity index (χ1) is 3.31. The summed E-state index contributed by atoms with van der Waals surface area (Å²) in [5.74, 6) is 0. The first-order valence-corrected chi connectivity index (χ1v) is 2.79. The molecule has 0 fully saturated rings. The normalized spacial score (nSPS) is 9.00. The molecule has 8 heavy (non-hydrogen) atoms. The molecule has 0 spiro atoms. The molecule has 0 atom stereocenters. The van der Waals surface area contributed by atoms with E-state index in [-0.39, 0.29) is 17.1 Å². The van der Waals surface area contributed by atoms with Gasteiger partial charge in [0.25, 0.3) is 0 Å². The van der Waals surface area contributed by atoms with Gasteiger partial charge in [-0.3, -0.25) is 0 Å². The van der Waals surface area contributed by atoms with E-state index in [1.165, 1.54) is 13.0 Å². The van der Waals surface area contributed by atoms with Gasteiger partial charge in [-0.2, -0.15) is 0 Å². The molecule has 1 radical (unpaired) electrons. The molecule has 51 valence electrons. The maximum absolute atomic E-state index is 3.73. The number of hydrogen-bond donors (Lipinski definition) is 0. The Morgan fingerprint density at radius 2 is 2.00 bits per heavy atom. The minimum atomic E-state index is 0. The van der Waals surface area contributed by atoms with Crippen molar-refractivity contribution in [3.63, 3.8) is 0 Å². The molecule has 0 aromatic heterocycles. The summed E-state index contributed by atoms with van der Waals surface area (Å²) in [4.78, 5) is 2.19. The zero-order valence-electron chi connectivity index (χ0n) is 5.65. The maximum Gasteiger partial charge on any atom is 0 e. The molecule has 0 aliphatic rings. The van der Waals surface area contributed by atoms with Crippen LogP contribution in [0.15, 0.2) is 0 Å². The van der Waals surface area contributed by atoms with Gasteiger partial charge < -0.3 is 11.8 Å². The molecular weight excluding hydrogens is 141 g/mol. The van der Waals surface area contributed by atoms with Crippen LogP contribution in [-0.2, 0) is 17.1 Å². The van der Waals surface area contributed by atoms with E-state index in [0.717, 1.165) is 6.54 Å². The molecule has 0 N–H and O–H groups in total. The van der Waals surface area contributed by atoms with Gasteiger partial charge in [0.1, 0.15) is 0 Å². The molecule has 0 saturated heterocycles. The van der Waals surface area contributed by atoms with E-state index >= 15 is 0 Å². The van der Waals surface area contributed by atoms with Crippen LogP contribution in [0, 0.1) is 6.92 Å². The van der Waals surface area contributed by atoms with Crippen LogP contribution < -0.4 is 0 Å². The Labute approximate surface area is 62.9 Å². The van der Waals surface area contributed by atoms with Crippen LogP contribution in [0.25, 0.3) is 0 Å². The second kappa shape index (κ2) is 7.48. The van der Waals surface area contributed by atoms with Crippen molar-refractivity contribution in [2.45, 2.75) is 13.3 Å². The molecule has 0 heterocycles. The first-order valence-electron chi connectivity index (χ1n) is 2.79. The van der Waals surface area contributed by atoms with Crippen LogP contribution in [0.3, 0.4) is 0 Å². The fourth-order valence-corrected chi connectivity index (χ4v) is 0.494. The molecule has 2 heteroatoms. The zero-order chi connectivity index (χ0) is 5.70. The van der Waals surface area contributed by atoms with Crippen molar-refractivity contribution in [1.29, 1.82) is 0 Å². The van der Waals surface area contributed by atoms with Gasteiger partial charge in [0, 0.05) is 17.1 Å². The van der Waals surface area contributed by atoms with Crippen molar-refractivity contribution in [2.75, 3.05) is 20.1 Å². The molecule has 0 amide bonds. The van der Waals surface area contributed by atoms with Crippen LogP contribution >= 0.6 is 0 Å². The molecule has 0 saturated carbocycles. The molecule has 0 bridgehead atoms. The van der Waals surface area contributed by atoms with Gasteiger partial charge in [0.05, 0.1) is 0 Å². The third kappa shape index (κ3) is 6.48. The summed E-state index contributed by atoms with van der Waals surface area (Å²) in [6.07, 6.45) is 1.23. The van der Waals surface area contributed by atoms with Crippen molar-refractivity contribution in [3.05, 3.63) is 6.92 Å². The summed E-state index contributed by atoms with van der Waals surface area (Å²) in [5.41, 5.74) is 0. The second-order valence-electron chi connectivity index (χ2n) is 1.80. The van der Waals surface area contributed by atoms with Crippen LogP contribution in [0.5, 0.6) is 0 Å². The molecule has 1 nitrogen and oxygen atoms in total. The minimum Gasteiger partial charge on any atom is -0.336 e. The van der Waals surface area contributed by atoms with Gasteiger partial charge in [-0.1, -0.05) is 6.92 Å². The Morgan fingerprint density at radius 3 is 2.12 bits per heavy atom. The fraction of sp³-hybridized carbons (Fsp3) is 0.833. The Morgan fingerprint density at radius 1 is 1.50 bits per heavy atom. The summed E-state index contributed by atoms with van der Waals surface area (Å²) in [6, 6.07) is 0. The van der Waals surface area contributed by atoms with Crippen LogP contribution in [0.1, 0.15) is 13.3 Å². The topological polar surface area (TPSA) is 3.24 Å². The van der Waals surface area contributed by atoms with E-state index in [4.69, 9.17) is 0 Å². The average Bonchev–Trinajstić information content (AvgIpc) is 1.68. The third-order valence-corrected chi connectivity index (χ3v) is 0.987. The fourth-order valence-electron chi connectivity index (χ4n) is 0.494. The van der Waals surface area contributed by atoms with Gasteiger partial charge in [-0.25, -0.2) is 0 Å². The molecular formula is C6H14MnN-. The van der Waals surface area contributed by atoms with Gasteiger partial charge in [-0.15, -0.1) is 6.54 Å². The molecule has 0 aliphatic carbocycles. The minimum absolute atomic E-state index is 0. The van der Waals surface area contributed by atoms with E-state index in [2.05, 4.69) is 25.8 Å². The van der Waals surface area contributed by atoms with Gasteiger partial charge in [0.2, 0.25) is 0 Å². The van der Waals surface area contributed by atoms with Crippen LogP contribution in [-0.4, -0.2) is 25.0 Å². The van der Waals surface area contributed by atoms with E-state index in [0.29, 0.717) is 0 Å². The maximum atomic E-state index is 3.73. The van der Waals surface area contributed by atoms with Crippen LogP contribution in [0.4, 0.5) is 0 Å². The third-order valence-electron chi connectivity index (χ3n) is 0.987. The number of nitrogens with zero attached hydrogens (tertiary/aromatic N) is 1. The predicted molar refractivity (Wildman–Crippen MR) is 33.1 cm³/mol. The summed E-state index contributed by atoms with van der Waals surface area (Å²) >= 11 is 0. The van der Waals surface area contributed by atoms with E-state index in [1.54, 1.807) is 0 Å². The molecule has 0 unspecified atom stereocenters. The number of rotatable bonds is 3. The monoisotopic (exact) mass is 155 g/mol. The Bertz CT molecular complexity index is 39.5. The predicted octanol–water partition coefficient (Wildman–Crippen LogP) is 1.16. The van der Waals surface area contributed by atoms with Gasteiger partial charge >= 0.3 is 0 Å². The summed E-state index contributed by atoms with van der Waals surface area (Å²) in [5, 5.41) is 0. The van der Waals surface area contributed by atoms with Gasteiger partial charge in [-0.05, 0) is 20.0 Å². The van der Waals surface area contributed by atoms with E-state index < -0.39 is 0 Å². The molecule has 0 aliphatic heterocycles. The summed E-state index contributed by atoms with van der Waals surface area (Å²) < 4.78 is 0. The Hall–Kier alpha value is 0.479. The van der Waals surface area contributed by atoms with Crippen molar-refractivity contribution < 1.29 is 17.1 Å². The summed E-state index contributed by atoms with van der Waals surface area (Å²) in [7, 11) is 2.08. The second-order valence-corrected chi connectivity index (χ2v) is 1.80. The molecule has 0 aromatic carbocycles.